The number of benzene rings is 14. The van der Waals surface area contributed by atoms with Crippen LogP contribution in [-0.2, 0) is 0 Å². The Morgan fingerprint density at radius 2 is 0.576 bits per heavy atom. The molecule has 92 heavy (non-hydrogen) atoms. The molecule has 14 aromatic carbocycles. The number of anilines is 6. The Labute approximate surface area is 538 Å². The summed E-state index contributed by atoms with van der Waals surface area (Å²) >= 11 is 5.60. The van der Waals surface area contributed by atoms with Crippen LogP contribution in [0.1, 0.15) is 0 Å². The van der Waals surface area contributed by atoms with Crippen LogP contribution in [-0.4, -0.2) is 0 Å². The van der Waals surface area contributed by atoms with E-state index in [4.69, 9.17) is 13.3 Å². The van der Waals surface area contributed by atoms with Crippen molar-refractivity contribution in [2.75, 3.05) is 9.80 Å². The molecule has 6 aromatic heterocycles. The first-order valence-corrected chi connectivity index (χ1v) is 33.4. The summed E-state index contributed by atoms with van der Waals surface area (Å²) < 4.78 is 27.4. The van der Waals surface area contributed by atoms with Gasteiger partial charge in [-0.15, -0.1) is 34.0 Å². The van der Waals surface area contributed by atoms with E-state index in [9.17, 15) is 0 Å². The van der Waals surface area contributed by atoms with E-state index < -0.39 is 0 Å². The molecule has 0 aliphatic rings. The molecular formula is C84H48N2O3S3. The number of nitrogens with zero attached hydrogens (tertiary/aromatic N) is 2. The standard InChI is InChI=1S/C84H48N2O3S3/c1-6-23-74-61(12-1)68-19-9-16-58(82(68)88-74)49-26-31-52(32-27-49)85(54-38-43-75-72(45-54)62-13-2-5-22-73(62)87-75)53-33-28-50(29-34-53)59-17-10-20-69-71-44-51(30-42-76(71)89-83(59)69)60-18-11-21-70-67-41-37-57(48-81(67)92-84(60)70)86(55-35-39-65-63-14-3-7-24-77(63)90-79(65)46-55)56-36-40-66-64-15-4-8-25-78(64)91-80(66)47-56/h1-48H. The number of hydrogen-bond acceptors (Lipinski definition) is 8. The van der Waals surface area contributed by atoms with Crippen LogP contribution in [0.2, 0.25) is 0 Å². The second-order valence-electron chi connectivity index (χ2n) is 23.8. The summed E-state index contributed by atoms with van der Waals surface area (Å²) in [5.74, 6) is 0. The molecule has 430 valence electrons. The maximum absolute atomic E-state index is 6.90. The van der Waals surface area contributed by atoms with Gasteiger partial charge in [-0.2, -0.15) is 0 Å². The average Bonchev–Trinajstić information content (AvgIpc) is 1.71. The predicted molar refractivity (Wildman–Crippen MR) is 393 cm³/mol. The van der Waals surface area contributed by atoms with Gasteiger partial charge in [0.15, 0.2) is 0 Å². The summed E-state index contributed by atoms with van der Waals surface area (Å²) in [4.78, 5) is 4.77. The van der Waals surface area contributed by atoms with Gasteiger partial charge in [-0.1, -0.05) is 176 Å². The van der Waals surface area contributed by atoms with Crippen molar-refractivity contribution in [2.24, 2.45) is 0 Å². The maximum Gasteiger partial charge on any atom is 0.143 e. The van der Waals surface area contributed by atoms with Gasteiger partial charge in [0.1, 0.15) is 33.5 Å². The van der Waals surface area contributed by atoms with Crippen molar-refractivity contribution in [3.8, 4) is 33.4 Å². The van der Waals surface area contributed by atoms with Gasteiger partial charge in [0, 0.05) is 138 Å². The fourth-order valence-corrected chi connectivity index (χ4v) is 17.9. The van der Waals surface area contributed by atoms with Crippen molar-refractivity contribution in [1.82, 2.24) is 0 Å². The SMILES string of the molecule is c1ccc2c(c1)oc1ccc(N(c3ccc(-c4cccc5c4oc4ccccc45)cc3)c3ccc(-c4cccc5c4oc4ccc(-c6cccc7c6sc6cc(N(c8ccc9c(c8)sc8ccccc89)c8ccc9c(c8)sc8ccccc89)ccc67)cc45)cc3)cc12. The first-order chi connectivity index (χ1) is 45.5. The minimum absolute atomic E-state index is 0.857. The van der Waals surface area contributed by atoms with E-state index in [-0.39, 0.29) is 0 Å². The monoisotopic (exact) mass is 1230 g/mol. The lowest BCUT2D eigenvalue weighted by atomic mass is 9.99. The molecule has 0 unspecified atom stereocenters. The Kier molecular flexibility index (Phi) is 11.3. The van der Waals surface area contributed by atoms with Gasteiger partial charge in [0.25, 0.3) is 0 Å². The molecule has 0 bridgehead atoms. The Morgan fingerprint density at radius 3 is 1.17 bits per heavy atom. The lowest BCUT2D eigenvalue weighted by Gasteiger charge is -2.26. The van der Waals surface area contributed by atoms with E-state index in [1.807, 2.05) is 58.3 Å². The highest BCUT2D eigenvalue weighted by molar-refractivity contribution is 7.27. The van der Waals surface area contributed by atoms with Gasteiger partial charge >= 0.3 is 0 Å². The van der Waals surface area contributed by atoms with E-state index in [1.54, 1.807) is 0 Å². The minimum Gasteiger partial charge on any atom is -0.456 e. The molecule has 0 amide bonds. The molecule has 0 saturated carbocycles. The Balaban J connectivity index is 0.657. The third kappa shape index (κ3) is 8.01. The molecule has 0 spiro atoms. The topological polar surface area (TPSA) is 45.9 Å². The highest BCUT2D eigenvalue weighted by atomic mass is 32.1. The summed E-state index contributed by atoms with van der Waals surface area (Å²) in [6.45, 7) is 0. The fraction of sp³-hybridized carbons (Fsp3) is 0. The second-order valence-corrected chi connectivity index (χ2v) is 27.1. The molecule has 6 heterocycles. The summed E-state index contributed by atoms with van der Waals surface area (Å²) in [6.07, 6.45) is 0. The second kappa shape index (κ2) is 20.1. The number of thiophene rings is 3. The van der Waals surface area contributed by atoms with E-state index in [1.165, 1.54) is 66.1 Å². The minimum atomic E-state index is 0.857. The number of hydrogen-bond donors (Lipinski definition) is 0. The van der Waals surface area contributed by atoms with Crippen LogP contribution >= 0.6 is 34.0 Å². The maximum atomic E-state index is 6.90. The molecule has 0 aliphatic heterocycles. The van der Waals surface area contributed by atoms with Crippen molar-refractivity contribution in [3.63, 3.8) is 0 Å². The Hall–Kier alpha value is -11.3. The molecular weight excluding hydrogens is 1180 g/mol. The predicted octanol–water partition coefficient (Wildman–Crippen LogP) is 26.4. The quantitative estimate of drug-likeness (QED) is 0.144. The van der Waals surface area contributed by atoms with Crippen LogP contribution < -0.4 is 9.80 Å². The van der Waals surface area contributed by atoms with Crippen molar-refractivity contribution < 1.29 is 13.3 Å². The van der Waals surface area contributed by atoms with Crippen molar-refractivity contribution >= 4 is 194 Å². The van der Waals surface area contributed by atoms with Gasteiger partial charge in [0.05, 0.1) is 0 Å². The third-order valence-corrected chi connectivity index (χ3v) is 22.2. The fourth-order valence-electron chi connectivity index (χ4n) is 14.4. The lowest BCUT2D eigenvalue weighted by Crippen LogP contribution is -2.09. The molecule has 0 atom stereocenters. The molecule has 0 aliphatic carbocycles. The smallest absolute Gasteiger partial charge is 0.143 e. The van der Waals surface area contributed by atoms with E-state index in [0.29, 0.717) is 0 Å². The van der Waals surface area contributed by atoms with E-state index >= 15 is 0 Å². The van der Waals surface area contributed by atoms with Crippen molar-refractivity contribution in [2.45, 2.75) is 0 Å². The molecule has 5 nitrogen and oxygen atoms in total. The van der Waals surface area contributed by atoms with Gasteiger partial charge in [-0.25, -0.2) is 0 Å². The van der Waals surface area contributed by atoms with Crippen molar-refractivity contribution in [1.29, 1.82) is 0 Å². The Bertz CT molecular complexity index is 6300. The summed E-state index contributed by atoms with van der Waals surface area (Å²) in [5, 5.41) is 14.3. The largest absolute Gasteiger partial charge is 0.456 e. The summed E-state index contributed by atoms with van der Waals surface area (Å²) in [5.41, 5.74) is 18.3. The van der Waals surface area contributed by atoms with Gasteiger partial charge in [-0.3, -0.25) is 0 Å². The van der Waals surface area contributed by atoms with E-state index in [2.05, 4.69) is 277 Å². The Morgan fingerprint density at radius 1 is 0.207 bits per heavy atom. The lowest BCUT2D eigenvalue weighted by molar-refractivity contribution is 0.669. The van der Waals surface area contributed by atoms with Crippen LogP contribution in [0.3, 0.4) is 0 Å². The molecule has 0 N–H and O–H groups in total. The molecule has 0 radical (unpaired) electrons. The first kappa shape index (κ1) is 51.6. The highest BCUT2D eigenvalue weighted by Gasteiger charge is 2.23. The molecule has 0 fully saturated rings. The van der Waals surface area contributed by atoms with E-state index in [0.717, 1.165) is 128 Å². The van der Waals surface area contributed by atoms with Crippen LogP contribution in [0.4, 0.5) is 34.1 Å². The summed E-state index contributed by atoms with van der Waals surface area (Å²) in [6, 6.07) is 106. The first-order valence-electron chi connectivity index (χ1n) is 30.9. The van der Waals surface area contributed by atoms with Gasteiger partial charge in [-0.05, 0) is 138 Å². The van der Waals surface area contributed by atoms with Crippen LogP contribution in [0.25, 0.3) is 160 Å². The van der Waals surface area contributed by atoms with Gasteiger partial charge < -0.3 is 23.1 Å². The molecule has 8 heteroatoms. The number of furan rings is 3. The average molecular weight is 1230 g/mol. The van der Waals surface area contributed by atoms with Crippen molar-refractivity contribution in [3.05, 3.63) is 291 Å². The molecule has 20 aromatic rings. The number of rotatable bonds is 9. The molecule has 0 saturated heterocycles. The zero-order valence-electron chi connectivity index (χ0n) is 49.1. The zero-order valence-corrected chi connectivity index (χ0v) is 51.5. The summed E-state index contributed by atoms with van der Waals surface area (Å²) in [7, 11) is 0. The van der Waals surface area contributed by atoms with Crippen LogP contribution in [0, 0.1) is 0 Å². The normalized spacial score (nSPS) is 12.1. The van der Waals surface area contributed by atoms with Crippen LogP contribution in [0.5, 0.6) is 0 Å². The van der Waals surface area contributed by atoms with Gasteiger partial charge in [0.2, 0.25) is 0 Å². The number of para-hydroxylation sites is 4. The number of fused-ring (bicyclic) bond motifs is 18. The van der Waals surface area contributed by atoms with Crippen LogP contribution in [0.15, 0.2) is 304 Å². The zero-order chi connectivity index (χ0) is 60.1. The third-order valence-electron chi connectivity index (χ3n) is 18.7. The highest BCUT2D eigenvalue weighted by Crippen LogP contribution is 2.49. The molecule has 20 rings (SSSR count).